The van der Waals surface area contributed by atoms with Gasteiger partial charge in [0.25, 0.3) is 5.91 Å². The second kappa shape index (κ2) is 11.5. The minimum atomic E-state index is -0.100. The normalized spacial score (nSPS) is 16.5. The SMILES string of the molecule is COc1ccc(NC(=O)c2ccc(-c3ccc(N4CCSCC4)cc3)cc2C)cc1N1CCN(C)CC1. The van der Waals surface area contributed by atoms with Gasteiger partial charge in [-0.1, -0.05) is 24.3 Å². The van der Waals surface area contributed by atoms with Crippen molar-refractivity contribution >= 4 is 34.7 Å². The van der Waals surface area contributed by atoms with Gasteiger partial charge in [0.1, 0.15) is 5.75 Å². The third-order valence-electron chi connectivity index (χ3n) is 7.33. The van der Waals surface area contributed by atoms with Crippen LogP contribution in [0.1, 0.15) is 15.9 Å². The lowest BCUT2D eigenvalue weighted by atomic mass is 9.99. The smallest absolute Gasteiger partial charge is 0.255 e. The number of rotatable bonds is 6. The highest BCUT2D eigenvalue weighted by Gasteiger charge is 2.19. The van der Waals surface area contributed by atoms with Crippen LogP contribution in [0.5, 0.6) is 5.75 Å². The van der Waals surface area contributed by atoms with Crippen LogP contribution in [-0.4, -0.2) is 75.7 Å². The molecule has 3 aromatic carbocycles. The van der Waals surface area contributed by atoms with Gasteiger partial charge in [0.05, 0.1) is 12.8 Å². The van der Waals surface area contributed by atoms with Crippen molar-refractivity contribution in [2.24, 2.45) is 0 Å². The number of thioether (sulfide) groups is 1. The molecule has 2 saturated heterocycles. The van der Waals surface area contributed by atoms with E-state index in [0.29, 0.717) is 5.56 Å². The van der Waals surface area contributed by atoms with Crippen LogP contribution in [0.4, 0.5) is 17.1 Å². The lowest BCUT2D eigenvalue weighted by molar-refractivity contribution is 0.102. The Hall–Kier alpha value is -3.16. The van der Waals surface area contributed by atoms with E-state index in [1.165, 1.54) is 17.2 Å². The number of methoxy groups -OCH3 is 1. The summed E-state index contributed by atoms with van der Waals surface area (Å²) in [5, 5.41) is 3.10. The molecule has 2 aliphatic rings. The van der Waals surface area contributed by atoms with Crippen molar-refractivity contribution in [3.8, 4) is 16.9 Å². The van der Waals surface area contributed by atoms with Crippen molar-refractivity contribution < 1.29 is 9.53 Å². The second-order valence-corrected chi connectivity index (χ2v) is 11.0. The molecule has 0 saturated carbocycles. The predicted octanol–water partition coefficient (Wildman–Crippen LogP) is 5.23. The topological polar surface area (TPSA) is 48.1 Å². The number of carbonyl (C=O) groups is 1. The largest absolute Gasteiger partial charge is 0.495 e. The molecule has 0 aromatic heterocycles. The Morgan fingerprint density at radius 2 is 1.54 bits per heavy atom. The lowest BCUT2D eigenvalue weighted by Crippen LogP contribution is -2.44. The van der Waals surface area contributed by atoms with Crippen LogP contribution in [0.15, 0.2) is 60.7 Å². The molecule has 194 valence electrons. The van der Waals surface area contributed by atoms with Crippen LogP contribution in [0.25, 0.3) is 11.1 Å². The maximum Gasteiger partial charge on any atom is 0.255 e. The third-order valence-corrected chi connectivity index (χ3v) is 8.27. The molecule has 2 fully saturated rings. The van der Waals surface area contributed by atoms with E-state index in [1.54, 1.807) is 7.11 Å². The van der Waals surface area contributed by atoms with Crippen LogP contribution in [-0.2, 0) is 0 Å². The van der Waals surface area contributed by atoms with Gasteiger partial charge in [-0.25, -0.2) is 0 Å². The van der Waals surface area contributed by atoms with Gasteiger partial charge in [-0.15, -0.1) is 0 Å². The molecular weight excluding hydrogens is 480 g/mol. The molecule has 0 aliphatic carbocycles. The van der Waals surface area contributed by atoms with E-state index >= 15 is 0 Å². The summed E-state index contributed by atoms with van der Waals surface area (Å²) >= 11 is 2.02. The number of benzene rings is 3. The van der Waals surface area contributed by atoms with Gasteiger partial charge in [0, 0.05) is 67.7 Å². The molecule has 0 radical (unpaired) electrons. The van der Waals surface area contributed by atoms with E-state index in [1.807, 2.05) is 49.0 Å². The van der Waals surface area contributed by atoms with Crippen molar-refractivity contribution in [3.05, 3.63) is 71.8 Å². The summed E-state index contributed by atoms with van der Waals surface area (Å²) in [5.74, 6) is 3.11. The first-order valence-corrected chi connectivity index (χ1v) is 14.1. The maximum absolute atomic E-state index is 13.2. The van der Waals surface area contributed by atoms with Crippen LogP contribution < -0.4 is 19.9 Å². The number of likely N-dealkylation sites (N-methyl/N-ethyl adjacent to an activating group) is 1. The highest BCUT2D eigenvalue weighted by atomic mass is 32.2. The van der Waals surface area contributed by atoms with E-state index in [4.69, 9.17) is 4.74 Å². The number of hydrogen-bond acceptors (Lipinski definition) is 6. The van der Waals surface area contributed by atoms with Crippen molar-refractivity contribution in [3.63, 3.8) is 0 Å². The monoisotopic (exact) mass is 516 g/mol. The number of anilines is 3. The Morgan fingerprint density at radius 1 is 0.838 bits per heavy atom. The van der Waals surface area contributed by atoms with Crippen molar-refractivity contribution in [2.75, 3.05) is 80.0 Å². The Morgan fingerprint density at radius 3 is 2.22 bits per heavy atom. The Bertz CT molecular complexity index is 1230. The molecule has 1 N–H and O–H groups in total. The van der Waals surface area contributed by atoms with Gasteiger partial charge in [-0.3, -0.25) is 4.79 Å². The summed E-state index contributed by atoms with van der Waals surface area (Å²) < 4.78 is 5.61. The Balaban J connectivity index is 1.29. The molecule has 1 amide bonds. The summed E-state index contributed by atoms with van der Waals surface area (Å²) in [6.45, 7) is 8.10. The van der Waals surface area contributed by atoms with Crippen molar-refractivity contribution in [1.29, 1.82) is 0 Å². The van der Waals surface area contributed by atoms with E-state index in [0.717, 1.165) is 73.1 Å². The first-order valence-electron chi connectivity index (χ1n) is 13.0. The number of piperazine rings is 1. The van der Waals surface area contributed by atoms with E-state index in [2.05, 4.69) is 57.4 Å². The highest BCUT2D eigenvalue weighted by Crippen LogP contribution is 2.33. The van der Waals surface area contributed by atoms with Crippen LogP contribution in [0.3, 0.4) is 0 Å². The number of hydrogen-bond donors (Lipinski definition) is 1. The first kappa shape index (κ1) is 25.5. The average Bonchev–Trinajstić information content (AvgIpc) is 2.94. The van der Waals surface area contributed by atoms with Gasteiger partial charge in [-0.2, -0.15) is 11.8 Å². The molecule has 0 atom stereocenters. The fourth-order valence-corrected chi connectivity index (χ4v) is 5.95. The van der Waals surface area contributed by atoms with Gasteiger partial charge in [0.2, 0.25) is 0 Å². The Kier molecular flexibility index (Phi) is 7.91. The van der Waals surface area contributed by atoms with Crippen LogP contribution in [0.2, 0.25) is 0 Å². The quantitative estimate of drug-likeness (QED) is 0.484. The molecule has 0 spiro atoms. The van der Waals surface area contributed by atoms with Gasteiger partial charge in [0.15, 0.2) is 0 Å². The number of aryl methyl sites for hydroxylation is 1. The fraction of sp³-hybridized carbons (Fsp3) is 0.367. The molecule has 37 heavy (non-hydrogen) atoms. The summed E-state index contributed by atoms with van der Waals surface area (Å²) in [4.78, 5) is 20.3. The summed E-state index contributed by atoms with van der Waals surface area (Å²) in [7, 11) is 3.83. The number of nitrogens with one attached hydrogen (secondary N) is 1. The number of ether oxygens (including phenoxy) is 1. The zero-order chi connectivity index (χ0) is 25.8. The maximum atomic E-state index is 13.2. The predicted molar refractivity (Wildman–Crippen MR) is 157 cm³/mol. The molecule has 7 heteroatoms. The molecule has 2 heterocycles. The molecule has 0 bridgehead atoms. The number of amides is 1. The van der Waals surface area contributed by atoms with Gasteiger partial charge in [-0.05, 0) is 67.1 Å². The standard InChI is InChI=1S/C30H36N4O2S/c1-22-20-24(23-4-8-26(9-5-23)33-16-18-37-19-17-33)6-10-27(22)30(35)31-25-7-11-29(36-3)28(21-25)34-14-12-32(2)13-15-34/h4-11,20-21H,12-19H2,1-3H3,(H,31,35). The van der Waals surface area contributed by atoms with Crippen molar-refractivity contribution in [2.45, 2.75) is 6.92 Å². The lowest BCUT2D eigenvalue weighted by Gasteiger charge is -2.35. The highest BCUT2D eigenvalue weighted by molar-refractivity contribution is 7.99. The van der Waals surface area contributed by atoms with Gasteiger partial charge >= 0.3 is 0 Å². The first-order chi connectivity index (χ1) is 18.0. The molecular formula is C30H36N4O2S. The summed E-state index contributed by atoms with van der Waals surface area (Å²) in [6.07, 6.45) is 0. The number of nitrogens with zero attached hydrogens (tertiary/aromatic N) is 3. The van der Waals surface area contributed by atoms with E-state index < -0.39 is 0 Å². The average molecular weight is 517 g/mol. The van der Waals surface area contributed by atoms with Crippen LogP contribution >= 0.6 is 11.8 Å². The minimum Gasteiger partial charge on any atom is -0.495 e. The fourth-order valence-electron chi connectivity index (χ4n) is 5.04. The van der Waals surface area contributed by atoms with Crippen LogP contribution in [0, 0.1) is 6.92 Å². The molecule has 0 unspecified atom stereocenters. The summed E-state index contributed by atoms with van der Waals surface area (Å²) in [6, 6.07) is 20.7. The summed E-state index contributed by atoms with van der Waals surface area (Å²) in [5.41, 5.74) is 7.01. The van der Waals surface area contributed by atoms with E-state index in [-0.39, 0.29) is 5.91 Å². The van der Waals surface area contributed by atoms with E-state index in [9.17, 15) is 4.79 Å². The van der Waals surface area contributed by atoms with Gasteiger partial charge < -0.3 is 24.8 Å². The third kappa shape index (κ3) is 5.89. The zero-order valence-electron chi connectivity index (χ0n) is 22.0. The molecule has 5 rings (SSSR count). The molecule has 6 nitrogen and oxygen atoms in total. The molecule has 3 aromatic rings. The number of carbonyl (C=O) groups excluding carboxylic acids is 1. The zero-order valence-corrected chi connectivity index (χ0v) is 22.8. The van der Waals surface area contributed by atoms with Crippen molar-refractivity contribution in [1.82, 2.24) is 4.90 Å². The minimum absolute atomic E-state index is 0.100. The molecule has 2 aliphatic heterocycles. The Labute approximate surface area is 224 Å². The second-order valence-electron chi connectivity index (χ2n) is 9.81.